The maximum Gasteiger partial charge on any atom is 0.339 e. The van der Waals surface area contributed by atoms with Crippen LogP contribution in [0.2, 0.25) is 0 Å². The van der Waals surface area contributed by atoms with Crippen molar-refractivity contribution in [2.75, 3.05) is 19.2 Å². The maximum atomic E-state index is 12.3. The molecule has 1 aliphatic heterocycles. The number of rotatable bonds is 5. The molecule has 26 heavy (non-hydrogen) atoms. The van der Waals surface area contributed by atoms with Gasteiger partial charge in [0.25, 0.3) is 5.91 Å². The van der Waals surface area contributed by atoms with E-state index >= 15 is 0 Å². The van der Waals surface area contributed by atoms with E-state index in [2.05, 4.69) is 5.32 Å². The maximum absolute atomic E-state index is 12.3. The fourth-order valence-corrected chi connectivity index (χ4v) is 2.45. The molecule has 1 heterocycles. The van der Waals surface area contributed by atoms with Crippen molar-refractivity contribution in [3.63, 3.8) is 0 Å². The van der Waals surface area contributed by atoms with Gasteiger partial charge < -0.3 is 24.3 Å². The van der Waals surface area contributed by atoms with Crippen LogP contribution in [0.1, 0.15) is 22.8 Å². The molecule has 0 spiro atoms. The number of ether oxygens (including phenoxy) is 4. The Bertz CT molecular complexity index is 848. The molecule has 1 amide bonds. The van der Waals surface area contributed by atoms with Crippen molar-refractivity contribution in [2.24, 2.45) is 0 Å². The standard InChI is InChI=1S/C19H19NO6/c1-11-4-5-13(8-16(11)23-3)19(22)26-12(2)18(21)20-14-6-7-15-17(9-14)25-10-24-15/h4-9,12H,10H2,1-3H3,(H,20,21)/t12-/m0/s1. The van der Waals surface area contributed by atoms with Crippen molar-refractivity contribution in [1.29, 1.82) is 0 Å². The van der Waals surface area contributed by atoms with Crippen molar-refractivity contribution >= 4 is 17.6 Å². The molecule has 1 aliphatic rings. The van der Waals surface area contributed by atoms with Crippen LogP contribution in [0.25, 0.3) is 0 Å². The molecular weight excluding hydrogens is 338 g/mol. The highest BCUT2D eigenvalue weighted by Crippen LogP contribution is 2.34. The summed E-state index contributed by atoms with van der Waals surface area (Å²) in [5.74, 6) is 0.708. The minimum Gasteiger partial charge on any atom is -0.496 e. The predicted octanol–water partition coefficient (Wildman–Crippen LogP) is 2.92. The van der Waals surface area contributed by atoms with Gasteiger partial charge in [-0.05, 0) is 43.7 Å². The second-order valence-electron chi connectivity index (χ2n) is 5.79. The van der Waals surface area contributed by atoms with Gasteiger partial charge in [0.15, 0.2) is 17.6 Å². The van der Waals surface area contributed by atoms with Gasteiger partial charge in [0.1, 0.15) is 5.75 Å². The van der Waals surface area contributed by atoms with Crippen LogP contribution in [0.3, 0.4) is 0 Å². The average molecular weight is 357 g/mol. The minimum absolute atomic E-state index is 0.154. The third kappa shape index (κ3) is 3.72. The number of carbonyl (C=O) groups is 2. The van der Waals surface area contributed by atoms with E-state index in [1.807, 2.05) is 6.92 Å². The number of hydrogen-bond acceptors (Lipinski definition) is 6. The summed E-state index contributed by atoms with van der Waals surface area (Å²) in [6.07, 6.45) is -0.972. The van der Waals surface area contributed by atoms with Gasteiger partial charge in [0.05, 0.1) is 12.7 Å². The third-order valence-corrected chi connectivity index (χ3v) is 3.94. The van der Waals surface area contributed by atoms with Gasteiger partial charge in [-0.15, -0.1) is 0 Å². The number of amides is 1. The fraction of sp³-hybridized carbons (Fsp3) is 0.263. The van der Waals surface area contributed by atoms with E-state index < -0.39 is 18.0 Å². The molecule has 2 aromatic carbocycles. The largest absolute Gasteiger partial charge is 0.496 e. The van der Waals surface area contributed by atoms with Gasteiger partial charge >= 0.3 is 5.97 Å². The van der Waals surface area contributed by atoms with E-state index in [9.17, 15) is 9.59 Å². The lowest BCUT2D eigenvalue weighted by Crippen LogP contribution is -2.30. The van der Waals surface area contributed by atoms with Crippen LogP contribution in [-0.4, -0.2) is 31.9 Å². The van der Waals surface area contributed by atoms with Gasteiger partial charge in [-0.3, -0.25) is 4.79 Å². The van der Waals surface area contributed by atoms with E-state index in [4.69, 9.17) is 18.9 Å². The normalized spacial score (nSPS) is 13.0. The van der Waals surface area contributed by atoms with Crippen LogP contribution in [0, 0.1) is 6.92 Å². The number of methoxy groups -OCH3 is 1. The lowest BCUT2D eigenvalue weighted by atomic mass is 10.1. The fourth-order valence-electron chi connectivity index (χ4n) is 2.45. The zero-order valence-electron chi connectivity index (χ0n) is 14.7. The molecule has 7 heteroatoms. The number of hydrogen-bond donors (Lipinski definition) is 1. The first-order chi connectivity index (χ1) is 12.5. The third-order valence-electron chi connectivity index (χ3n) is 3.94. The first-order valence-electron chi connectivity index (χ1n) is 8.04. The molecule has 1 N–H and O–H groups in total. The topological polar surface area (TPSA) is 83.1 Å². The molecule has 0 aromatic heterocycles. The summed E-state index contributed by atoms with van der Waals surface area (Å²) in [5.41, 5.74) is 1.74. The smallest absolute Gasteiger partial charge is 0.339 e. The van der Waals surface area contributed by atoms with Crippen LogP contribution in [0.5, 0.6) is 17.2 Å². The van der Waals surface area contributed by atoms with Gasteiger partial charge in [-0.2, -0.15) is 0 Å². The molecule has 0 saturated heterocycles. The van der Waals surface area contributed by atoms with Gasteiger partial charge in [-0.1, -0.05) is 6.07 Å². The molecule has 136 valence electrons. The molecule has 1 atom stereocenters. The average Bonchev–Trinajstić information content (AvgIpc) is 3.09. The molecule has 0 radical (unpaired) electrons. The molecule has 0 bridgehead atoms. The van der Waals surface area contributed by atoms with E-state index in [0.717, 1.165) is 5.56 Å². The van der Waals surface area contributed by atoms with E-state index in [0.29, 0.717) is 28.5 Å². The number of anilines is 1. The highest BCUT2D eigenvalue weighted by Gasteiger charge is 2.21. The quantitative estimate of drug-likeness (QED) is 0.829. The lowest BCUT2D eigenvalue weighted by Gasteiger charge is -2.14. The van der Waals surface area contributed by atoms with E-state index in [1.54, 1.807) is 36.4 Å². The lowest BCUT2D eigenvalue weighted by molar-refractivity contribution is -0.123. The first kappa shape index (κ1) is 17.6. The van der Waals surface area contributed by atoms with Crippen molar-refractivity contribution in [2.45, 2.75) is 20.0 Å². The Balaban J connectivity index is 1.62. The first-order valence-corrected chi connectivity index (χ1v) is 8.04. The number of carbonyl (C=O) groups excluding carboxylic acids is 2. The SMILES string of the molecule is COc1cc(C(=O)O[C@@H](C)C(=O)Nc2ccc3c(c2)OCO3)ccc1C. The minimum atomic E-state index is -0.972. The molecular formula is C19H19NO6. The number of nitrogens with one attached hydrogen (secondary N) is 1. The number of esters is 1. The molecule has 0 saturated carbocycles. The van der Waals surface area contributed by atoms with Crippen molar-refractivity contribution < 1.29 is 28.5 Å². The summed E-state index contributed by atoms with van der Waals surface area (Å²) in [4.78, 5) is 24.5. The molecule has 0 aliphatic carbocycles. The Labute approximate surface area is 150 Å². The summed E-state index contributed by atoms with van der Waals surface area (Å²) in [6.45, 7) is 3.53. The van der Waals surface area contributed by atoms with Gasteiger partial charge in [-0.25, -0.2) is 4.79 Å². The van der Waals surface area contributed by atoms with Gasteiger partial charge in [0.2, 0.25) is 6.79 Å². The van der Waals surface area contributed by atoms with Crippen LogP contribution < -0.4 is 19.5 Å². The van der Waals surface area contributed by atoms with Crippen LogP contribution in [0.4, 0.5) is 5.69 Å². The van der Waals surface area contributed by atoms with Crippen LogP contribution in [0.15, 0.2) is 36.4 Å². The molecule has 2 aromatic rings. The van der Waals surface area contributed by atoms with E-state index in [1.165, 1.54) is 14.0 Å². The van der Waals surface area contributed by atoms with Crippen LogP contribution >= 0.6 is 0 Å². The molecule has 0 unspecified atom stereocenters. The number of benzene rings is 2. The van der Waals surface area contributed by atoms with Crippen molar-refractivity contribution in [3.05, 3.63) is 47.5 Å². The second kappa shape index (κ2) is 7.35. The summed E-state index contributed by atoms with van der Waals surface area (Å²) in [7, 11) is 1.53. The Kier molecular flexibility index (Phi) is 4.97. The molecule has 7 nitrogen and oxygen atoms in total. The highest BCUT2D eigenvalue weighted by molar-refractivity contribution is 5.97. The zero-order valence-corrected chi connectivity index (χ0v) is 14.7. The Morgan fingerprint density at radius 2 is 1.88 bits per heavy atom. The summed E-state index contributed by atoms with van der Waals surface area (Å²) in [5, 5.41) is 2.68. The van der Waals surface area contributed by atoms with Crippen LogP contribution in [-0.2, 0) is 9.53 Å². The Morgan fingerprint density at radius 3 is 2.65 bits per heavy atom. The van der Waals surface area contributed by atoms with E-state index in [-0.39, 0.29) is 6.79 Å². The summed E-state index contributed by atoms with van der Waals surface area (Å²) in [6, 6.07) is 10.0. The monoisotopic (exact) mass is 357 g/mol. The zero-order chi connectivity index (χ0) is 18.7. The van der Waals surface area contributed by atoms with Gasteiger partial charge in [0, 0.05) is 11.8 Å². The Hall–Kier alpha value is -3.22. The highest BCUT2D eigenvalue weighted by atomic mass is 16.7. The molecule has 3 rings (SSSR count). The number of aryl methyl sites for hydroxylation is 1. The predicted molar refractivity (Wildman–Crippen MR) is 93.8 cm³/mol. The van der Waals surface area contributed by atoms with Crippen molar-refractivity contribution in [1.82, 2.24) is 0 Å². The summed E-state index contributed by atoms with van der Waals surface area (Å²) < 4.78 is 20.9. The van der Waals surface area contributed by atoms with Crippen molar-refractivity contribution in [3.8, 4) is 17.2 Å². The number of fused-ring (bicyclic) bond motifs is 1. The molecule has 0 fully saturated rings. The second-order valence-corrected chi connectivity index (χ2v) is 5.79. The Morgan fingerprint density at radius 1 is 1.12 bits per heavy atom. The summed E-state index contributed by atoms with van der Waals surface area (Å²) >= 11 is 0.